The van der Waals surface area contributed by atoms with Crippen LogP contribution >= 0.6 is 0 Å². The Labute approximate surface area is 77.3 Å². The van der Waals surface area contributed by atoms with Crippen molar-refractivity contribution in [1.29, 1.82) is 0 Å². The van der Waals surface area contributed by atoms with Crippen LogP contribution in [0, 0.1) is 5.82 Å². The third-order valence-corrected chi connectivity index (χ3v) is 1.96. The molecule has 0 aliphatic heterocycles. The number of rotatable bonds is 1. The third kappa shape index (κ3) is 1.67. The average Bonchev–Trinajstić information content (AvgIpc) is 2.20. The summed E-state index contributed by atoms with van der Waals surface area (Å²) < 4.78 is 13.3. The van der Waals surface area contributed by atoms with Gasteiger partial charge in [0.05, 0.1) is 0 Å². The second kappa shape index (κ2) is 3.52. The van der Waals surface area contributed by atoms with Gasteiger partial charge in [-0.25, -0.2) is 0 Å². The number of benzene rings is 1. The molecule has 0 unspecified atom stereocenters. The number of halogens is 1. The molecule has 1 aromatic heterocycles. The molecule has 0 radical (unpaired) electrons. The summed E-state index contributed by atoms with van der Waals surface area (Å²) in [6, 6.07) is 12.5. The molecule has 1 aromatic carbocycles. The van der Waals surface area contributed by atoms with E-state index in [9.17, 15) is 4.39 Å². The molecule has 1 heterocycles. The summed E-state index contributed by atoms with van der Waals surface area (Å²) in [5.41, 5.74) is 1.57. The molecule has 13 heavy (non-hydrogen) atoms. The molecule has 0 saturated heterocycles. The maximum absolute atomic E-state index is 13.3. The zero-order valence-corrected chi connectivity index (χ0v) is 7.07. The number of hydrogen-bond acceptors (Lipinski definition) is 0. The first kappa shape index (κ1) is 8.18. The first-order chi connectivity index (χ1) is 6.38. The number of hydrogen-bond donors (Lipinski definition) is 0. The summed E-state index contributed by atoms with van der Waals surface area (Å²) >= 11 is 0. The Kier molecular flexibility index (Phi) is 2.22. The van der Waals surface area contributed by atoms with Crippen LogP contribution in [0.3, 0.4) is 0 Å². The summed E-state index contributed by atoms with van der Waals surface area (Å²) in [5.74, 6) is 1.73. The molecule has 2 heteroatoms. The van der Waals surface area contributed by atoms with Crippen LogP contribution in [-0.2, 0) is 0 Å². The molecule has 0 N–H and O–H groups in total. The maximum atomic E-state index is 13.3. The fourth-order valence-electron chi connectivity index (χ4n) is 1.31. The first-order valence-corrected chi connectivity index (χ1v) is 4.18. The van der Waals surface area contributed by atoms with E-state index in [1.54, 1.807) is 12.1 Å². The normalized spacial score (nSPS) is 9.62. The van der Waals surface area contributed by atoms with E-state index in [4.69, 9.17) is 0 Å². The molecule has 0 saturated carbocycles. The Hall–Kier alpha value is -1.44. The first-order valence-electron chi connectivity index (χ1n) is 4.18. The van der Waals surface area contributed by atoms with Gasteiger partial charge in [0.15, 0.2) is 0 Å². The SMILES string of the molecule is Fc1ccccc1-c1bcccc1. The second-order valence-electron chi connectivity index (χ2n) is 2.85. The van der Waals surface area contributed by atoms with E-state index in [-0.39, 0.29) is 5.82 Å². The Morgan fingerprint density at radius 1 is 0.923 bits per heavy atom. The molecule has 0 aliphatic carbocycles. The van der Waals surface area contributed by atoms with E-state index in [1.807, 2.05) is 37.1 Å². The molecule has 0 fully saturated rings. The average molecular weight is 170 g/mol. The summed E-state index contributed by atoms with van der Waals surface area (Å²) in [7, 11) is 0. The molecule has 0 amide bonds. The van der Waals surface area contributed by atoms with Crippen LogP contribution in [0.5, 0.6) is 0 Å². The van der Waals surface area contributed by atoms with Crippen molar-refractivity contribution in [2.45, 2.75) is 0 Å². The van der Waals surface area contributed by atoms with Crippen molar-refractivity contribution >= 4 is 6.91 Å². The van der Waals surface area contributed by atoms with Crippen molar-refractivity contribution in [2.75, 3.05) is 0 Å². The van der Waals surface area contributed by atoms with Crippen LogP contribution in [0.25, 0.3) is 11.0 Å². The molecule has 0 spiro atoms. The predicted molar refractivity (Wildman–Crippen MR) is 53.2 cm³/mol. The molecule has 2 rings (SSSR count). The van der Waals surface area contributed by atoms with Crippen molar-refractivity contribution < 1.29 is 4.39 Å². The van der Waals surface area contributed by atoms with Crippen LogP contribution in [-0.4, -0.2) is 6.91 Å². The molecular formula is C11H8BF. The van der Waals surface area contributed by atoms with Crippen LogP contribution in [0.2, 0.25) is 0 Å². The van der Waals surface area contributed by atoms with Crippen LogP contribution in [0.15, 0.2) is 48.4 Å². The van der Waals surface area contributed by atoms with Gasteiger partial charge in [0.1, 0.15) is 0 Å². The van der Waals surface area contributed by atoms with E-state index in [2.05, 4.69) is 0 Å². The fraction of sp³-hybridized carbons (Fsp3) is 0. The predicted octanol–water partition coefficient (Wildman–Crippen LogP) is 2.83. The minimum absolute atomic E-state index is 0.172. The van der Waals surface area contributed by atoms with E-state index < -0.39 is 0 Å². The topological polar surface area (TPSA) is 0 Å². The van der Waals surface area contributed by atoms with Crippen molar-refractivity contribution in [1.82, 2.24) is 0 Å². The molecular weight excluding hydrogens is 162 g/mol. The van der Waals surface area contributed by atoms with Gasteiger partial charge in [-0.15, -0.1) is 0 Å². The van der Waals surface area contributed by atoms with Gasteiger partial charge in [0.2, 0.25) is 0 Å². The Bertz CT molecular complexity index is 398. The third-order valence-electron chi connectivity index (χ3n) is 1.96. The van der Waals surface area contributed by atoms with Crippen molar-refractivity contribution in [2.24, 2.45) is 0 Å². The van der Waals surface area contributed by atoms with Gasteiger partial charge in [-0.3, -0.25) is 0 Å². The zero-order chi connectivity index (χ0) is 9.10. The second-order valence-corrected chi connectivity index (χ2v) is 2.85. The van der Waals surface area contributed by atoms with Gasteiger partial charge in [-0.2, -0.15) is 0 Å². The summed E-state index contributed by atoms with van der Waals surface area (Å²) in [5, 5.41) is 0. The Morgan fingerprint density at radius 3 is 2.38 bits per heavy atom. The van der Waals surface area contributed by atoms with Gasteiger partial charge in [0, 0.05) is 0 Å². The zero-order valence-electron chi connectivity index (χ0n) is 7.07. The van der Waals surface area contributed by atoms with Crippen LogP contribution < -0.4 is 0 Å². The van der Waals surface area contributed by atoms with Gasteiger partial charge in [-0.05, 0) is 0 Å². The van der Waals surface area contributed by atoms with E-state index in [0.717, 1.165) is 5.46 Å². The molecule has 0 atom stereocenters. The van der Waals surface area contributed by atoms with Crippen molar-refractivity contribution in [3.8, 4) is 11.0 Å². The standard InChI is InChI=1S/C11H8BF/c13-11-7-2-1-5-9(11)10-6-3-4-8-12-10/h1-8H. The summed E-state index contributed by atoms with van der Waals surface area (Å²) in [6.07, 6.45) is 0. The molecule has 62 valence electrons. The fourth-order valence-corrected chi connectivity index (χ4v) is 1.31. The van der Waals surface area contributed by atoms with Crippen LogP contribution in [0.4, 0.5) is 4.39 Å². The quantitative estimate of drug-likeness (QED) is 0.617. The molecule has 0 nitrogen and oxygen atoms in total. The van der Waals surface area contributed by atoms with Gasteiger partial charge >= 0.3 is 76.6 Å². The van der Waals surface area contributed by atoms with E-state index in [0.29, 0.717) is 5.56 Å². The monoisotopic (exact) mass is 170 g/mol. The summed E-state index contributed by atoms with van der Waals surface area (Å²) in [6.45, 7) is 1.90. The summed E-state index contributed by atoms with van der Waals surface area (Å²) in [4.78, 5) is 0. The van der Waals surface area contributed by atoms with E-state index >= 15 is 0 Å². The van der Waals surface area contributed by atoms with E-state index in [1.165, 1.54) is 6.07 Å². The minimum atomic E-state index is -0.172. The Morgan fingerprint density at radius 2 is 1.69 bits per heavy atom. The van der Waals surface area contributed by atoms with Crippen molar-refractivity contribution in [3.63, 3.8) is 0 Å². The molecule has 0 aliphatic rings. The van der Waals surface area contributed by atoms with Crippen LogP contribution in [0.1, 0.15) is 0 Å². The van der Waals surface area contributed by atoms with Crippen molar-refractivity contribution in [3.05, 3.63) is 54.2 Å². The van der Waals surface area contributed by atoms with Gasteiger partial charge in [-0.1, -0.05) is 0 Å². The van der Waals surface area contributed by atoms with Gasteiger partial charge < -0.3 is 0 Å². The van der Waals surface area contributed by atoms with Gasteiger partial charge in [0.25, 0.3) is 0 Å². The molecule has 2 aromatic rings. The Balaban J connectivity index is 2.54. The molecule has 0 bridgehead atoms.